The van der Waals surface area contributed by atoms with Crippen LogP contribution in [0.4, 0.5) is 0 Å². The van der Waals surface area contributed by atoms with Crippen LogP contribution in [0, 0.1) is 56.7 Å². The van der Waals surface area contributed by atoms with Crippen molar-refractivity contribution in [2.24, 2.45) is 68.1 Å². The minimum atomic E-state index is -0.950. The van der Waals surface area contributed by atoms with E-state index in [2.05, 4.69) is 34.6 Å². The van der Waals surface area contributed by atoms with Crippen LogP contribution in [0.2, 0.25) is 0 Å². The van der Waals surface area contributed by atoms with Gasteiger partial charge in [-0.2, -0.15) is 0 Å². The number of hydrogen-bond acceptors (Lipinski definition) is 9. The van der Waals surface area contributed by atoms with Gasteiger partial charge in [0.2, 0.25) is 0 Å². The average molecular weight is 725 g/mol. The van der Waals surface area contributed by atoms with Crippen LogP contribution in [0.15, 0.2) is 0 Å². The molecule has 1 saturated heterocycles. The van der Waals surface area contributed by atoms with Crippen LogP contribution in [0.5, 0.6) is 0 Å². The maximum atomic E-state index is 13.7. The van der Waals surface area contributed by atoms with Crippen molar-refractivity contribution < 1.29 is 34.0 Å². The summed E-state index contributed by atoms with van der Waals surface area (Å²) in [5.74, 6) is -0.648. The van der Waals surface area contributed by atoms with Crippen LogP contribution >= 0.6 is 12.4 Å². The van der Waals surface area contributed by atoms with E-state index in [-0.39, 0.29) is 93.9 Å². The normalized spacial score (nSPS) is 47.3. The number of rotatable bonds is 8. The summed E-state index contributed by atoms with van der Waals surface area (Å²) in [6.07, 6.45) is 6.20. The van der Waals surface area contributed by atoms with E-state index in [1.165, 1.54) is 0 Å². The van der Waals surface area contributed by atoms with Gasteiger partial charge in [0.15, 0.2) is 0 Å². The molecule has 288 valence electrons. The molecule has 6 N–H and O–H groups in total. The molecule has 0 radical (unpaired) electrons. The fourth-order valence-corrected chi connectivity index (χ4v) is 13.4. The van der Waals surface area contributed by atoms with Crippen molar-refractivity contribution in [3.8, 4) is 0 Å². The topological polar surface area (TPSA) is 154 Å². The zero-order valence-corrected chi connectivity index (χ0v) is 33.5. The fourth-order valence-electron chi connectivity index (χ4n) is 13.4. The number of hydrogen-bond donors (Lipinski definition) is 4. The number of halogens is 1. The highest BCUT2D eigenvalue weighted by Crippen LogP contribution is 2.89. The molecular formula is C40H69ClN2O7. The molecule has 9 nitrogen and oxygen atoms in total. The van der Waals surface area contributed by atoms with Crippen molar-refractivity contribution in [1.82, 2.24) is 0 Å². The summed E-state index contributed by atoms with van der Waals surface area (Å²) in [7, 11) is 0. The number of carbonyl (C=O) groups excluding carboxylic acids is 2. The zero-order chi connectivity index (χ0) is 36.5. The molecule has 2 spiro atoms. The second-order valence-corrected chi connectivity index (χ2v) is 20.3. The molecule has 6 aliphatic rings. The molecule has 5 saturated carbocycles. The van der Waals surface area contributed by atoms with Crippen LogP contribution in [-0.4, -0.2) is 69.9 Å². The Labute approximate surface area is 307 Å². The maximum absolute atomic E-state index is 13.7. The minimum Gasteiger partial charge on any atom is -0.461 e. The predicted octanol–water partition coefficient (Wildman–Crippen LogP) is 5.93. The summed E-state index contributed by atoms with van der Waals surface area (Å²) in [4.78, 5) is 26.9. The molecule has 5 aliphatic carbocycles. The molecule has 2 unspecified atom stereocenters. The van der Waals surface area contributed by atoms with Crippen molar-refractivity contribution in [2.45, 2.75) is 182 Å². The first kappa shape index (κ1) is 40.2. The molecule has 6 rings (SSSR count). The average Bonchev–Trinajstić information content (AvgIpc) is 3.35. The third kappa shape index (κ3) is 5.55. The van der Waals surface area contributed by atoms with E-state index in [1.54, 1.807) is 0 Å². The lowest BCUT2D eigenvalue weighted by atomic mass is 9.41. The summed E-state index contributed by atoms with van der Waals surface area (Å²) >= 11 is 0. The molecule has 0 bridgehead atoms. The van der Waals surface area contributed by atoms with Crippen LogP contribution in [-0.2, 0) is 23.8 Å². The van der Waals surface area contributed by atoms with Gasteiger partial charge >= 0.3 is 11.9 Å². The van der Waals surface area contributed by atoms with Crippen molar-refractivity contribution >= 4 is 24.3 Å². The largest absolute Gasteiger partial charge is 0.461 e. The number of aliphatic hydroxyl groups is 2. The number of carbonyl (C=O) groups is 2. The van der Waals surface area contributed by atoms with Gasteiger partial charge in [0, 0.05) is 17.3 Å². The van der Waals surface area contributed by atoms with Gasteiger partial charge in [-0.15, -0.1) is 12.4 Å². The van der Waals surface area contributed by atoms with Gasteiger partial charge in [-0.1, -0.05) is 55.4 Å². The first-order chi connectivity index (χ1) is 22.4. The highest BCUT2D eigenvalue weighted by atomic mass is 35.5. The van der Waals surface area contributed by atoms with Crippen LogP contribution in [0.3, 0.4) is 0 Å². The number of esters is 2. The maximum Gasteiger partial charge on any atom is 0.323 e. The summed E-state index contributed by atoms with van der Waals surface area (Å²) in [5, 5.41) is 23.0. The minimum absolute atomic E-state index is 0. The molecular weight excluding hydrogens is 656 g/mol. The SMILES string of the molecule is CC(C)C(N)C(=O)O[C@H]1CC2[C@]3(CC[C@]4(C)[C@@H]([C@@]5(C)CC[C@@H](C(C)(C)O)O5)[C@@H](O)C[C@@]24C)C[C@@]32CC[C@H](OC(=O)[C@@H](N)C(C)C)C(C)(C)[C@H]12.Cl. The molecule has 50 heavy (non-hydrogen) atoms. The van der Waals surface area contributed by atoms with Gasteiger partial charge in [-0.3, -0.25) is 9.59 Å². The van der Waals surface area contributed by atoms with E-state index < -0.39 is 34.8 Å². The number of fused-ring (bicyclic) bond motifs is 2. The third-order valence-corrected chi connectivity index (χ3v) is 16.2. The van der Waals surface area contributed by atoms with Crippen molar-refractivity contribution in [3.63, 3.8) is 0 Å². The highest BCUT2D eigenvalue weighted by Gasteiger charge is 2.85. The molecule has 0 aromatic rings. The Morgan fingerprint density at radius 3 is 1.94 bits per heavy atom. The Morgan fingerprint density at radius 1 is 0.820 bits per heavy atom. The van der Waals surface area contributed by atoms with Crippen LogP contribution in [0.1, 0.15) is 134 Å². The lowest BCUT2D eigenvalue weighted by Gasteiger charge is -2.64. The highest BCUT2D eigenvalue weighted by molar-refractivity contribution is 5.85. The molecule has 10 heteroatoms. The fraction of sp³-hybridized carbons (Fsp3) is 0.950. The number of nitrogens with two attached hydrogens (primary N) is 2. The van der Waals surface area contributed by atoms with Gasteiger partial charge < -0.3 is 35.9 Å². The van der Waals surface area contributed by atoms with Crippen LogP contribution in [0.25, 0.3) is 0 Å². The second kappa shape index (κ2) is 12.5. The van der Waals surface area contributed by atoms with Gasteiger partial charge in [0.05, 0.1) is 23.4 Å². The number of aliphatic hydroxyl groups excluding tert-OH is 1. The molecule has 0 aromatic heterocycles. The van der Waals surface area contributed by atoms with Gasteiger partial charge in [0.25, 0.3) is 0 Å². The lowest BCUT2D eigenvalue weighted by molar-refractivity contribution is -0.226. The second-order valence-electron chi connectivity index (χ2n) is 20.3. The van der Waals surface area contributed by atoms with Crippen molar-refractivity contribution in [2.75, 3.05) is 0 Å². The Kier molecular flexibility index (Phi) is 10.1. The van der Waals surface area contributed by atoms with E-state index in [1.807, 2.05) is 41.5 Å². The molecule has 1 aliphatic heterocycles. The molecule has 6 fully saturated rings. The molecule has 0 aromatic carbocycles. The monoisotopic (exact) mass is 724 g/mol. The van der Waals surface area contributed by atoms with E-state index in [4.69, 9.17) is 25.7 Å². The predicted molar refractivity (Wildman–Crippen MR) is 195 cm³/mol. The summed E-state index contributed by atoms with van der Waals surface area (Å²) in [5.41, 5.74) is 10.3. The molecule has 1 heterocycles. The van der Waals surface area contributed by atoms with E-state index in [9.17, 15) is 19.8 Å². The third-order valence-electron chi connectivity index (χ3n) is 16.2. The van der Waals surface area contributed by atoms with Crippen LogP contribution < -0.4 is 11.5 Å². The number of ether oxygens (including phenoxy) is 3. The van der Waals surface area contributed by atoms with Gasteiger partial charge in [-0.05, 0) is 118 Å². The zero-order valence-electron chi connectivity index (χ0n) is 32.7. The Morgan fingerprint density at radius 2 is 1.40 bits per heavy atom. The Hall–Kier alpha value is -0.970. The van der Waals surface area contributed by atoms with E-state index in [0.29, 0.717) is 12.8 Å². The van der Waals surface area contributed by atoms with Gasteiger partial charge in [0.1, 0.15) is 24.3 Å². The standard InChI is InChI=1S/C40H68N2O7.ClH/c1-21(2)28(41)32(44)47-24-18-25-37(10)19-23(43)30(38(11)14-12-27(49-38)35(7,8)46)36(37,9)16-17-39(25)20-40(39)15-13-26(34(5,6)31(24)40)48-33(45)29(42)22(3)4;/h21-31,43,46H,12-20,41-42H2,1-11H3;1H/t23-,24-,25?,26-,27-,28?,29-,30-,31-,36+,37-,38+,39-,40+;/m0./s1. The molecule has 0 amide bonds. The summed E-state index contributed by atoms with van der Waals surface area (Å²) in [6, 6.07) is -1.41. The van der Waals surface area contributed by atoms with E-state index in [0.717, 1.165) is 44.9 Å². The summed E-state index contributed by atoms with van der Waals surface area (Å²) < 4.78 is 19.6. The lowest BCUT2D eigenvalue weighted by Crippen LogP contribution is -2.63. The van der Waals surface area contributed by atoms with Gasteiger partial charge in [-0.25, -0.2) is 0 Å². The van der Waals surface area contributed by atoms with E-state index >= 15 is 0 Å². The Bertz CT molecular complexity index is 1330. The first-order valence-corrected chi connectivity index (χ1v) is 19.4. The van der Waals surface area contributed by atoms with Crippen molar-refractivity contribution in [3.05, 3.63) is 0 Å². The Balaban J connectivity index is 0.00000486. The molecule has 14 atom stereocenters. The summed E-state index contributed by atoms with van der Waals surface area (Å²) in [6.45, 7) is 22.8. The smallest absolute Gasteiger partial charge is 0.323 e. The first-order valence-electron chi connectivity index (χ1n) is 19.4. The van der Waals surface area contributed by atoms with Crippen molar-refractivity contribution in [1.29, 1.82) is 0 Å². The quantitative estimate of drug-likeness (QED) is 0.223.